The summed E-state index contributed by atoms with van der Waals surface area (Å²) < 4.78 is 4.66. The molecule has 0 saturated heterocycles. The highest BCUT2D eigenvalue weighted by atomic mass is 79.9. The highest BCUT2D eigenvalue weighted by Gasteiger charge is 2.07. The van der Waals surface area contributed by atoms with E-state index in [9.17, 15) is 4.79 Å². The van der Waals surface area contributed by atoms with Crippen LogP contribution in [0, 0.1) is 0 Å². The Bertz CT molecular complexity index is 334. The second-order valence-electron chi connectivity index (χ2n) is 2.96. The van der Waals surface area contributed by atoms with Gasteiger partial charge in [-0.25, -0.2) is 4.79 Å². The molecular weight excluding hydrogens is 244 g/mol. The van der Waals surface area contributed by atoms with Crippen LogP contribution in [-0.4, -0.2) is 13.1 Å². The molecule has 0 bridgehead atoms. The molecule has 0 spiro atoms. The molecule has 0 amide bonds. The Balaban J connectivity index is 3.07. The summed E-state index contributed by atoms with van der Waals surface area (Å²) in [6, 6.07) is 5.64. The number of hydrogen-bond acceptors (Lipinski definition) is 2. The number of ether oxygens (including phenoxy) is 1. The molecule has 1 aromatic rings. The van der Waals surface area contributed by atoms with Gasteiger partial charge >= 0.3 is 5.97 Å². The van der Waals surface area contributed by atoms with E-state index in [4.69, 9.17) is 0 Å². The topological polar surface area (TPSA) is 26.3 Å². The van der Waals surface area contributed by atoms with Gasteiger partial charge in [0.15, 0.2) is 0 Å². The fourth-order valence-electron chi connectivity index (χ4n) is 1.33. The molecule has 0 aliphatic rings. The van der Waals surface area contributed by atoms with E-state index < -0.39 is 0 Å². The predicted molar refractivity (Wildman–Crippen MR) is 59.8 cm³/mol. The maximum Gasteiger partial charge on any atom is 0.337 e. The quantitative estimate of drug-likeness (QED) is 0.614. The molecule has 0 aromatic heterocycles. The summed E-state index contributed by atoms with van der Waals surface area (Å²) in [5.41, 5.74) is 3.03. The monoisotopic (exact) mass is 256 g/mol. The fraction of sp³-hybridized carbons (Fsp3) is 0.364. The van der Waals surface area contributed by atoms with E-state index in [1.165, 1.54) is 18.2 Å². The van der Waals surface area contributed by atoms with Gasteiger partial charge in [0.05, 0.1) is 12.7 Å². The number of alkyl halides is 1. The van der Waals surface area contributed by atoms with Gasteiger partial charge < -0.3 is 4.74 Å². The van der Waals surface area contributed by atoms with Gasteiger partial charge in [-0.15, -0.1) is 0 Å². The van der Waals surface area contributed by atoms with Crippen LogP contribution in [-0.2, 0) is 16.5 Å². The zero-order valence-electron chi connectivity index (χ0n) is 8.34. The first kappa shape index (κ1) is 11.2. The minimum atomic E-state index is -0.277. The highest BCUT2D eigenvalue weighted by Crippen LogP contribution is 2.16. The number of benzene rings is 1. The Morgan fingerprint density at radius 3 is 2.64 bits per heavy atom. The lowest BCUT2D eigenvalue weighted by Crippen LogP contribution is -2.03. The van der Waals surface area contributed by atoms with Crippen LogP contribution in [0.1, 0.15) is 28.4 Å². The normalized spacial score (nSPS) is 9.93. The van der Waals surface area contributed by atoms with Crippen LogP contribution in [0.15, 0.2) is 18.2 Å². The van der Waals surface area contributed by atoms with Crippen molar-refractivity contribution in [2.45, 2.75) is 18.7 Å². The Kier molecular flexibility index (Phi) is 4.14. The van der Waals surface area contributed by atoms with E-state index in [0.29, 0.717) is 5.56 Å². The maximum atomic E-state index is 11.2. The minimum absolute atomic E-state index is 0.277. The average Bonchev–Trinajstić information content (AvgIpc) is 2.26. The Morgan fingerprint density at radius 2 is 2.14 bits per heavy atom. The lowest BCUT2D eigenvalue weighted by Gasteiger charge is -2.06. The summed E-state index contributed by atoms with van der Waals surface area (Å²) in [6.07, 6.45) is 0.922. The number of carbonyl (C=O) groups is 1. The van der Waals surface area contributed by atoms with Crippen molar-refractivity contribution in [1.29, 1.82) is 0 Å². The molecule has 0 aliphatic carbocycles. The lowest BCUT2D eigenvalue weighted by molar-refractivity contribution is 0.0600. The van der Waals surface area contributed by atoms with E-state index in [1.54, 1.807) is 6.07 Å². The van der Waals surface area contributed by atoms with E-state index >= 15 is 0 Å². The van der Waals surface area contributed by atoms with Crippen LogP contribution in [0.25, 0.3) is 0 Å². The van der Waals surface area contributed by atoms with Crippen molar-refractivity contribution in [3.05, 3.63) is 34.9 Å². The summed E-state index contributed by atoms with van der Waals surface area (Å²) in [5.74, 6) is -0.277. The molecule has 0 aliphatic heterocycles. The maximum absolute atomic E-state index is 11.2. The molecule has 0 heterocycles. The van der Waals surface area contributed by atoms with Crippen molar-refractivity contribution in [2.75, 3.05) is 7.11 Å². The van der Waals surface area contributed by atoms with E-state index in [0.717, 1.165) is 11.8 Å². The molecule has 0 saturated carbocycles. The fourth-order valence-corrected chi connectivity index (χ4v) is 1.88. The zero-order chi connectivity index (χ0) is 10.6. The second-order valence-corrected chi connectivity index (χ2v) is 3.52. The molecule has 2 nitrogen and oxygen atoms in total. The summed E-state index contributed by atoms with van der Waals surface area (Å²) in [6.45, 7) is 2.07. The first-order valence-corrected chi connectivity index (χ1v) is 5.61. The van der Waals surface area contributed by atoms with Gasteiger partial charge in [-0.1, -0.05) is 28.9 Å². The third-order valence-corrected chi connectivity index (χ3v) is 2.76. The van der Waals surface area contributed by atoms with Gasteiger partial charge in [0.1, 0.15) is 0 Å². The van der Waals surface area contributed by atoms with E-state index in [1.807, 2.05) is 12.1 Å². The van der Waals surface area contributed by atoms with Crippen LogP contribution >= 0.6 is 15.9 Å². The standard InChI is InChI=1S/C11H13BrO2/c1-3-8-6-9(11(13)14-2)4-5-10(8)7-12/h4-6H,3,7H2,1-2H3. The van der Waals surface area contributed by atoms with Crippen LogP contribution < -0.4 is 0 Å². The Hall–Kier alpha value is -0.830. The minimum Gasteiger partial charge on any atom is -0.465 e. The van der Waals surface area contributed by atoms with Gasteiger partial charge in [0, 0.05) is 5.33 Å². The van der Waals surface area contributed by atoms with Gasteiger partial charge in [-0.05, 0) is 29.7 Å². The van der Waals surface area contributed by atoms with Gasteiger partial charge in [-0.2, -0.15) is 0 Å². The molecule has 0 atom stereocenters. The van der Waals surface area contributed by atoms with E-state index in [2.05, 4.69) is 27.6 Å². The van der Waals surface area contributed by atoms with Gasteiger partial charge in [-0.3, -0.25) is 0 Å². The summed E-state index contributed by atoms with van der Waals surface area (Å²) in [7, 11) is 1.40. The third-order valence-electron chi connectivity index (χ3n) is 2.15. The van der Waals surface area contributed by atoms with Crippen LogP contribution in [0.4, 0.5) is 0 Å². The van der Waals surface area contributed by atoms with Gasteiger partial charge in [0.2, 0.25) is 0 Å². The lowest BCUT2D eigenvalue weighted by atomic mass is 10.0. The largest absolute Gasteiger partial charge is 0.465 e. The Morgan fingerprint density at radius 1 is 1.43 bits per heavy atom. The second kappa shape index (κ2) is 5.15. The van der Waals surface area contributed by atoms with Crippen LogP contribution in [0.5, 0.6) is 0 Å². The molecule has 76 valence electrons. The van der Waals surface area contributed by atoms with Crippen molar-refractivity contribution in [1.82, 2.24) is 0 Å². The summed E-state index contributed by atoms with van der Waals surface area (Å²) in [5, 5.41) is 0.817. The number of methoxy groups -OCH3 is 1. The molecule has 1 aromatic carbocycles. The van der Waals surface area contributed by atoms with Crippen molar-refractivity contribution < 1.29 is 9.53 Å². The van der Waals surface area contributed by atoms with Crippen molar-refractivity contribution in [2.24, 2.45) is 0 Å². The average molecular weight is 257 g/mol. The summed E-state index contributed by atoms with van der Waals surface area (Å²) >= 11 is 3.41. The summed E-state index contributed by atoms with van der Waals surface area (Å²) in [4.78, 5) is 11.2. The highest BCUT2D eigenvalue weighted by molar-refractivity contribution is 9.08. The number of carbonyl (C=O) groups excluding carboxylic acids is 1. The number of hydrogen-bond donors (Lipinski definition) is 0. The number of halogens is 1. The predicted octanol–water partition coefficient (Wildman–Crippen LogP) is 2.93. The van der Waals surface area contributed by atoms with Crippen LogP contribution in [0.2, 0.25) is 0 Å². The van der Waals surface area contributed by atoms with Crippen LogP contribution in [0.3, 0.4) is 0 Å². The zero-order valence-corrected chi connectivity index (χ0v) is 9.93. The molecule has 0 fully saturated rings. The van der Waals surface area contributed by atoms with E-state index in [-0.39, 0.29) is 5.97 Å². The third kappa shape index (κ3) is 2.35. The van der Waals surface area contributed by atoms with Gasteiger partial charge in [0.25, 0.3) is 0 Å². The first-order valence-electron chi connectivity index (χ1n) is 4.49. The smallest absolute Gasteiger partial charge is 0.337 e. The number of esters is 1. The molecular formula is C11H13BrO2. The molecule has 14 heavy (non-hydrogen) atoms. The molecule has 3 heteroatoms. The van der Waals surface area contributed by atoms with Crippen molar-refractivity contribution in [3.8, 4) is 0 Å². The molecule has 0 radical (unpaired) electrons. The molecule has 0 N–H and O–H groups in total. The first-order chi connectivity index (χ1) is 6.72. The molecule has 0 unspecified atom stereocenters. The number of aryl methyl sites for hydroxylation is 1. The van der Waals surface area contributed by atoms with Crippen molar-refractivity contribution >= 4 is 21.9 Å². The van der Waals surface area contributed by atoms with Crippen molar-refractivity contribution in [3.63, 3.8) is 0 Å². The Labute approximate surface area is 92.4 Å². The SMILES string of the molecule is CCc1cc(C(=O)OC)ccc1CBr. The molecule has 1 rings (SSSR count). The number of rotatable bonds is 3.